The van der Waals surface area contributed by atoms with Crippen molar-refractivity contribution in [3.05, 3.63) is 47.1 Å². The average Bonchev–Trinajstić information content (AvgIpc) is 2.89. The molecule has 4 nitrogen and oxygen atoms in total. The fourth-order valence-electron chi connectivity index (χ4n) is 2.61. The van der Waals surface area contributed by atoms with E-state index >= 15 is 0 Å². The van der Waals surface area contributed by atoms with E-state index in [1.807, 2.05) is 6.92 Å². The molecule has 1 aliphatic heterocycles. The van der Waals surface area contributed by atoms with Crippen LogP contribution in [0.5, 0.6) is 5.75 Å². The van der Waals surface area contributed by atoms with E-state index in [0.29, 0.717) is 34.6 Å². The van der Waals surface area contributed by atoms with E-state index < -0.39 is 11.6 Å². The Kier molecular flexibility index (Phi) is 2.74. The van der Waals surface area contributed by atoms with E-state index in [-0.39, 0.29) is 6.10 Å². The zero-order chi connectivity index (χ0) is 14.4. The molecule has 0 unspecified atom stereocenters. The van der Waals surface area contributed by atoms with Crippen molar-refractivity contribution in [1.29, 1.82) is 0 Å². The quantitative estimate of drug-likeness (QED) is 0.612. The SMILES string of the molecule is C=C(C)[C@H]1CC2=C(O1)c1cccc(OC)c1C(=O)C2=O. The molecule has 1 aromatic carbocycles. The lowest BCUT2D eigenvalue weighted by Gasteiger charge is -2.18. The van der Waals surface area contributed by atoms with Gasteiger partial charge in [0.15, 0.2) is 0 Å². The van der Waals surface area contributed by atoms with Gasteiger partial charge >= 0.3 is 0 Å². The molecule has 1 aromatic rings. The van der Waals surface area contributed by atoms with Crippen molar-refractivity contribution >= 4 is 17.3 Å². The van der Waals surface area contributed by atoms with E-state index in [0.717, 1.165) is 5.57 Å². The Bertz CT molecular complexity index is 682. The van der Waals surface area contributed by atoms with Crippen LogP contribution >= 0.6 is 0 Å². The summed E-state index contributed by atoms with van der Waals surface area (Å²) in [4.78, 5) is 24.5. The highest BCUT2D eigenvalue weighted by Crippen LogP contribution is 2.42. The van der Waals surface area contributed by atoms with Crippen molar-refractivity contribution in [3.63, 3.8) is 0 Å². The predicted octanol–water partition coefficient (Wildman–Crippen LogP) is 2.54. The highest BCUT2D eigenvalue weighted by molar-refractivity contribution is 6.52. The van der Waals surface area contributed by atoms with Crippen LogP contribution in [0.3, 0.4) is 0 Å². The molecule has 4 heteroatoms. The third-order valence-corrected chi connectivity index (χ3v) is 3.67. The Labute approximate surface area is 116 Å². The van der Waals surface area contributed by atoms with Gasteiger partial charge in [0.1, 0.15) is 17.6 Å². The van der Waals surface area contributed by atoms with Crippen molar-refractivity contribution in [2.45, 2.75) is 19.4 Å². The summed E-state index contributed by atoms with van der Waals surface area (Å²) in [6.45, 7) is 5.71. The van der Waals surface area contributed by atoms with Gasteiger partial charge in [-0.15, -0.1) is 0 Å². The third-order valence-electron chi connectivity index (χ3n) is 3.67. The summed E-state index contributed by atoms with van der Waals surface area (Å²) in [5, 5.41) is 0. The third kappa shape index (κ3) is 1.61. The van der Waals surface area contributed by atoms with Crippen LogP contribution in [0.25, 0.3) is 5.76 Å². The van der Waals surface area contributed by atoms with Crippen LogP contribution < -0.4 is 4.74 Å². The maximum atomic E-state index is 12.3. The van der Waals surface area contributed by atoms with Crippen LogP contribution in [0, 0.1) is 0 Å². The van der Waals surface area contributed by atoms with Gasteiger partial charge in [-0.2, -0.15) is 0 Å². The molecule has 0 radical (unpaired) electrons. The first kappa shape index (κ1) is 12.7. The number of carbonyl (C=O) groups excluding carboxylic acids is 2. The molecule has 0 bridgehead atoms. The molecule has 0 saturated heterocycles. The monoisotopic (exact) mass is 270 g/mol. The highest BCUT2D eigenvalue weighted by Gasteiger charge is 2.41. The predicted molar refractivity (Wildman–Crippen MR) is 73.6 cm³/mol. The highest BCUT2D eigenvalue weighted by atomic mass is 16.5. The summed E-state index contributed by atoms with van der Waals surface area (Å²) in [5.41, 5.74) is 2.21. The Morgan fingerprint density at radius 2 is 2.10 bits per heavy atom. The van der Waals surface area contributed by atoms with Crippen molar-refractivity contribution in [1.82, 2.24) is 0 Å². The fourth-order valence-corrected chi connectivity index (χ4v) is 2.61. The molecular weight excluding hydrogens is 256 g/mol. The summed E-state index contributed by atoms with van der Waals surface area (Å²) in [6.07, 6.45) is 0.167. The van der Waals surface area contributed by atoms with Gasteiger partial charge in [0, 0.05) is 12.0 Å². The lowest BCUT2D eigenvalue weighted by Crippen LogP contribution is -2.23. The Balaban J connectivity index is 2.18. The lowest BCUT2D eigenvalue weighted by molar-refractivity contribution is -0.112. The maximum Gasteiger partial charge on any atom is 0.237 e. The smallest absolute Gasteiger partial charge is 0.237 e. The first-order valence-electron chi connectivity index (χ1n) is 6.36. The molecule has 2 aliphatic rings. The molecule has 0 amide bonds. The molecule has 20 heavy (non-hydrogen) atoms. The first-order chi connectivity index (χ1) is 9.54. The minimum absolute atomic E-state index is 0.242. The molecule has 0 fully saturated rings. The molecule has 0 aromatic heterocycles. The van der Waals surface area contributed by atoms with Crippen molar-refractivity contribution in [2.24, 2.45) is 0 Å². The van der Waals surface area contributed by atoms with Crippen molar-refractivity contribution in [2.75, 3.05) is 7.11 Å². The van der Waals surface area contributed by atoms with E-state index in [9.17, 15) is 9.59 Å². The zero-order valence-electron chi connectivity index (χ0n) is 11.4. The van der Waals surface area contributed by atoms with E-state index in [1.54, 1.807) is 18.2 Å². The van der Waals surface area contributed by atoms with E-state index in [2.05, 4.69) is 6.58 Å². The number of benzene rings is 1. The number of methoxy groups -OCH3 is 1. The lowest BCUT2D eigenvalue weighted by atomic mass is 9.87. The average molecular weight is 270 g/mol. The van der Waals surface area contributed by atoms with Crippen molar-refractivity contribution < 1.29 is 19.1 Å². The van der Waals surface area contributed by atoms with Gasteiger partial charge in [-0.25, -0.2) is 0 Å². The molecule has 1 atom stereocenters. The maximum absolute atomic E-state index is 12.3. The molecular formula is C16H14O4. The van der Waals surface area contributed by atoms with Gasteiger partial charge in [-0.1, -0.05) is 18.7 Å². The fraction of sp³-hybridized carbons (Fsp3) is 0.250. The number of ether oxygens (including phenoxy) is 2. The molecule has 0 saturated carbocycles. The Hall–Kier alpha value is -2.36. The number of hydrogen-bond donors (Lipinski definition) is 0. The number of hydrogen-bond acceptors (Lipinski definition) is 4. The zero-order valence-corrected chi connectivity index (χ0v) is 11.4. The second-order valence-electron chi connectivity index (χ2n) is 5.01. The normalized spacial score (nSPS) is 20.4. The van der Waals surface area contributed by atoms with E-state index in [4.69, 9.17) is 9.47 Å². The Morgan fingerprint density at radius 1 is 1.35 bits per heavy atom. The van der Waals surface area contributed by atoms with Crippen LogP contribution in [0.1, 0.15) is 29.3 Å². The molecule has 1 heterocycles. The minimum atomic E-state index is -0.526. The molecule has 0 spiro atoms. The van der Waals surface area contributed by atoms with Crippen molar-refractivity contribution in [3.8, 4) is 5.75 Å². The first-order valence-corrected chi connectivity index (χ1v) is 6.36. The molecule has 1 aliphatic carbocycles. The summed E-state index contributed by atoms with van der Waals surface area (Å²) in [6, 6.07) is 5.22. The summed E-state index contributed by atoms with van der Waals surface area (Å²) < 4.78 is 11.0. The van der Waals surface area contributed by atoms with Gasteiger partial charge in [-0.3, -0.25) is 9.59 Å². The summed E-state index contributed by atoms with van der Waals surface area (Å²) in [5.74, 6) is -0.130. The van der Waals surface area contributed by atoms with Gasteiger partial charge in [0.05, 0.1) is 18.2 Å². The molecule has 102 valence electrons. The number of ketones is 2. The standard InChI is InChI=1S/C16H14O4/c1-8(2)12-7-10-14(17)15(18)13-9(16(10)20-12)5-4-6-11(13)19-3/h4-6,12H,1,7H2,2-3H3/t12-/m1/s1. The minimum Gasteiger partial charge on any atom is -0.496 e. The van der Waals surface area contributed by atoms with Crippen LogP contribution in [0.4, 0.5) is 0 Å². The van der Waals surface area contributed by atoms with Gasteiger partial charge in [-0.05, 0) is 18.6 Å². The van der Waals surface area contributed by atoms with Gasteiger partial charge in [0.25, 0.3) is 0 Å². The Morgan fingerprint density at radius 3 is 2.75 bits per heavy atom. The largest absolute Gasteiger partial charge is 0.496 e. The molecule has 0 N–H and O–H groups in total. The summed E-state index contributed by atoms with van der Waals surface area (Å²) in [7, 11) is 1.48. The second kappa shape index (κ2) is 4.34. The molecule has 3 rings (SSSR count). The number of carbonyl (C=O) groups is 2. The van der Waals surface area contributed by atoms with E-state index in [1.165, 1.54) is 7.11 Å². The number of Topliss-reactive ketones (excluding diaryl/α,β-unsaturated/α-hetero) is 2. The second-order valence-corrected chi connectivity index (χ2v) is 5.01. The topological polar surface area (TPSA) is 52.6 Å². The van der Waals surface area contributed by atoms with Crippen LogP contribution in [-0.2, 0) is 9.53 Å². The number of fused-ring (bicyclic) bond motifs is 2. The van der Waals surface area contributed by atoms with Crippen LogP contribution in [0.15, 0.2) is 35.9 Å². The summed E-state index contributed by atoms with van der Waals surface area (Å²) >= 11 is 0. The van der Waals surface area contributed by atoms with Crippen LogP contribution in [0.2, 0.25) is 0 Å². The van der Waals surface area contributed by atoms with Crippen LogP contribution in [-0.4, -0.2) is 24.8 Å². The number of rotatable bonds is 2. The van der Waals surface area contributed by atoms with Gasteiger partial charge in [0.2, 0.25) is 11.6 Å². The van der Waals surface area contributed by atoms with Gasteiger partial charge < -0.3 is 9.47 Å².